The molecule has 144 valence electrons. The van der Waals surface area contributed by atoms with Gasteiger partial charge in [-0.05, 0) is 49.1 Å². The predicted molar refractivity (Wildman–Crippen MR) is 107 cm³/mol. The molecule has 3 N–H and O–H groups in total. The van der Waals surface area contributed by atoms with Crippen molar-refractivity contribution in [3.8, 4) is 0 Å². The summed E-state index contributed by atoms with van der Waals surface area (Å²) < 4.78 is 13.1. The number of carbonyl (C=O) groups excluding carboxylic acids is 1. The Hall–Kier alpha value is -2.11. The number of hydrogen-bond acceptors (Lipinski definition) is 3. The van der Waals surface area contributed by atoms with E-state index in [2.05, 4.69) is 16.3 Å². The molecule has 0 aromatic heterocycles. The number of amides is 1. The van der Waals surface area contributed by atoms with Crippen LogP contribution in [0.25, 0.3) is 0 Å². The Bertz CT molecular complexity index is 775. The number of primary amides is 1. The molecule has 0 spiro atoms. The van der Waals surface area contributed by atoms with Crippen LogP contribution in [0.15, 0.2) is 42.5 Å². The van der Waals surface area contributed by atoms with E-state index in [1.165, 1.54) is 25.0 Å². The van der Waals surface area contributed by atoms with Gasteiger partial charge in [0.25, 0.3) is 0 Å². The lowest BCUT2D eigenvalue weighted by atomic mass is 9.98. The van der Waals surface area contributed by atoms with E-state index in [1.54, 1.807) is 12.1 Å². The van der Waals surface area contributed by atoms with Gasteiger partial charge in [-0.15, -0.1) is 0 Å². The number of nitrogens with two attached hydrogens (primary N) is 1. The Labute approximate surface area is 164 Å². The van der Waals surface area contributed by atoms with Gasteiger partial charge < -0.3 is 16.0 Å². The van der Waals surface area contributed by atoms with Crippen LogP contribution in [0.4, 0.5) is 10.1 Å². The Balaban J connectivity index is 1.63. The first-order valence-electron chi connectivity index (χ1n) is 9.31. The molecule has 1 fully saturated rings. The first kappa shape index (κ1) is 19.6. The summed E-state index contributed by atoms with van der Waals surface area (Å²) in [5.74, 6) is -1.03. The average Bonchev–Trinajstić information content (AvgIpc) is 3.18. The third-order valence-corrected chi connectivity index (χ3v) is 5.39. The highest BCUT2D eigenvalue weighted by atomic mass is 35.5. The molecule has 27 heavy (non-hydrogen) atoms. The van der Waals surface area contributed by atoms with Crippen molar-refractivity contribution in [3.63, 3.8) is 0 Å². The number of anilines is 1. The van der Waals surface area contributed by atoms with E-state index in [9.17, 15) is 9.18 Å². The van der Waals surface area contributed by atoms with Crippen molar-refractivity contribution in [3.05, 3.63) is 64.4 Å². The fourth-order valence-corrected chi connectivity index (χ4v) is 3.76. The van der Waals surface area contributed by atoms with Crippen molar-refractivity contribution >= 4 is 23.2 Å². The number of carbonyl (C=O) groups is 1. The first-order valence-corrected chi connectivity index (χ1v) is 9.69. The Morgan fingerprint density at radius 1 is 1.19 bits per heavy atom. The van der Waals surface area contributed by atoms with Gasteiger partial charge in [-0.3, -0.25) is 4.79 Å². The van der Waals surface area contributed by atoms with Crippen LogP contribution in [-0.2, 0) is 17.8 Å². The topological polar surface area (TPSA) is 58.4 Å². The van der Waals surface area contributed by atoms with E-state index in [4.69, 9.17) is 17.3 Å². The summed E-state index contributed by atoms with van der Waals surface area (Å²) in [5, 5.41) is 4.06. The molecule has 0 unspecified atom stereocenters. The number of halogens is 2. The quantitative estimate of drug-likeness (QED) is 0.726. The van der Waals surface area contributed by atoms with Crippen LogP contribution in [0.3, 0.4) is 0 Å². The maximum absolute atomic E-state index is 13.1. The molecule has 2 aromatic carbocycles. The van der Waals surface area contributed by atoms with Gasteiger partial charge in [-0.1, -0.05) is 29.8 Å². The summed E-state index contributed by atoms with van der Waals surface area (Å²) in [7, 11) is 0. The van der Waals surface area contributed by atoms with Gasteiger partial charge in [0.1, 0.15) is 5.82 Å². The Morgan fingerprint density at radius 3 is 2.56 bits per heavy atom. The first-order chi connectivity index (χ1) is 13.0. The number of nitrogens with zero attached hydrogens (tertiary/aromatic N) is 1. The van der Waals surface area contributed by atoms with Gasteiger partial charge in [-0.2, -0.15) is 0 Å². The molecule has 1 heterocycles. The molecule has 0 aliphatic carbocycles. The molecule has 1 amide bonds. The third kappa shape index (κ3) is 5.21. The summed E-state index contributed by atoms with van der Waals surface area (Å²) >= 11 is 6.44. The zero-order valence-corrected chi connectivity index (χ0v) is 16.0. The number of rotatable bonds is 8. The smallest absolute Gasteiger partial charge is 0.222 e. The van der Waals surface area contributed by atoms with Crippen molar-refractivity contribution in [1.82, 2.24) is 5.32 Å². The van der Waals surface area contributed by atoms with Crippen LogP contribution in [0, 0.1) is 11.7 Å². The molecule has 6 heteroatoms. The largest absolute Gasteiger partial charge is 0.371 e. The van der Waals surface area contributed by atoms with Crippen LogP contribution >= 0.6 is 11.6 Å². The Kier molecular flexibility index (Phi) is 6.69. The maximum atomic E-state index is 13.1. The van der Waals surface area contributed by atoms with Gasteiger partial charge in [-0.25, -0.2) is 4.39 Å². The predicted octanol–water partition coefficient (Wildman–Crippen LogP) is 3.51. The molecule has 0 bridgehead atoms. The standard InChI is InChI=1S/C21H25ClFN3O/c22-19-4-3-5-20(26-10-1-2-11-26)18(19)14-25-13-16(21(24)27)12-15-6-8-17(23)9-7-15/h3-9,16,25H,1-2,10-14H2,(H2,24,27)/t16-/m1/s1. The van der Waals surface area contributed by atoms with E-state index in [-0.39, 0.29) is 17.6 Å². The molecule has 2 aromatic rings. The average molecular weight is 390 g/mol. The highest BCUT2D eigenvalue weighted by Gasteiger charge is 2.19. The molecule has 1 atom stereocenters. The molecule has 1 aliphatic heterocycles. The summed E-state index contributed by atoms with van der Waals surface area (Å²) in [6.45, 7) is 3.10. The molecule has 1 saturated heterocycles. The minimum atomic E-state index is -0.370. The molecule has 4 nitrogen and oxygen atoms in total. The van der Waals surface area contributed by atoms with Crippen LogP contribution in [0.5, 0.6) is 0 Å². The summed E-state index contributed by atoms with van der Waals surface area (Å²) in [6.07, 6.45) is 2.87. The summed E-state index contributed by atoms with van der Waals surface area (Å²) in [5.41, 5.74) is 8.65. The second-order valence-electron chi connectivity index (χ2n) is 6.99. The second-order valence-corrected chi connectivity index (χ2v) is 7.40. The van der Waals surface area contributed by atoms with E-state index >= 15 is 0 Å². The van der Waals surface area contributed by atoms with Gasteiger partial charge in [0.05, 0.1) is 5.92 Å². The lowest BCUT2D eigenvalue weighted by Gasteiger charge is -2.23. The van der Waals surface area contributed by atoms with Gasteiger partial charge >= 0.3 is 0 Å². The SMILES string of the molecule is NC(=O)[C@@H](CNCc1c(Cl)cccc1N1CCCC1)Cc1ccc(F)cc1. The molecule has 1 aliphatic rings. The zero-order chi connectivity index (χ0) is 19.2. The highest BCUT2D eigenvalue weighted by molar-refractivity contribution is 6.31. The number of nitrogens with one attached hydrogen (secondary N) is 1. The molecular weight excluding hydrogens is 365 g/mol. The molecule has 3 rings (SSSR count). The van der Waals surface area contributed by atoms with E-state index in [0.29, 0.717) is 19.5 Å². The number of benzene rings is 2. The fourth-order valence-electron chi connectivity index (χ4n) is 3.53. The van der Waals surface area contributed by atoms with Gasteiger partial charge in [0, 0.05) is 42.5 Å². The Morgan fingerprint density at radius 2 is 1.89 bits per heavy atom. The minimum Gasteiger partial charge on any atom is -0.371 e. The second kappa shape index (κ2) is 9.20. The molecule has 0 radical (unpaired) electrons. The lowest BCUT2D eigenvalue weighted by molar-refractivity contribution is -0.121. The molecule has 0 saturated carbocycles. The normalized spacial score (nSPS) is 15.1. The highest BCUT2D eigenvalue weighted by Crippen LogP contribution is 2.30. The molecular formula is C21H25ClFN3O. The van der Waals surface area contributed by atoms with Crippen molar-refractivity contribution in [1.29, 1.82) is 0 Å². The maximum Gasteiger partial charge on any atom is 0.222 e. The van der Waals surface area contributed by atoms with Crippen molar-refractivity contribution in [2.75, 3.05) is 24.5 Å². The van der Waals surface area contributed by atoms with Crippen LogP contribution in [-0.4, -0.2) is 25.5 Å². The van der Waals surface area contributed by atoms with Crippen LogP contribution < -0.4 is 16.0 Å². The van der Waals surface area contributed by atoms with E-state index in [1.807, 2.05) is 12.1 Å². The lowest BCUT2D eigenvalue weighted by Crippen LogP contribution is -2.34. The van der Waals surface area contributed by atoms with Crippen LogP contribution in [0.2, 0.25) is 5.02 Å². The summed E-state index contributed by atoms with van der Waals surface area (Å²) in [4.78, 5) is 14.2. The van der Waals surface area contributed by atoms with E-state index < -0.39 is 0 Å². The fraction of sp³-hybridized carbons (Fsp3) is 0.381. The van der Waals surface area contributed by atoms with Gasteiger partial charge in [0.15, 0.2) is 0 Å². The van der Waals surface area contributed by atoms with Gasteiger partial charge in [0.2, 0.25) is 5.91 Å². The minimum absolute atomic E-state index is 0.291. The van der Waals surface area contributed by atoms with Crippen molar-refractivity contribution < 1.29 is 9.18 Å². The monoisotopic (exact) mass is 389 g/mol. The zero-order valence-electron chi connectivity index (χ0n) is 15.3. The summed E-state index contributed by atoms with van der Waals surface area (Å²) in [6, 6.07) is 12.1. The van der Waals surface area contributed by atoms with E-state index in [0.717, 1.165) is 34.9 Å². The van der Waals surface area contributed by atoms with Crippen molar-refractivity contribution in [2.45, 2.75) is 25.8 Å². The third-order valence-electron chi connectivity index (χ3n) is 5.03. The van der Waals surface area contributed by atoms with Crippen molar-refractivity contribution in [2.24, 2.45) is 11.7 Å². The van der Waals surface area contributed by atoms with Crippen LogP contribution in [0.1, 0.15) is 24.0 Å². The number of hydrogen-bond donors (Lipinski definition) is 2.